The van der Waals surface area contributed by atoms with Crippen LogP contribution in [0.3, 0.4) is 0 Å². The summed E-state index contributed by atoms with van der Waals surface area (Å²) in [5, 5.41) is 6.88. The number of benzene rings is 1. The van der Waals surface area contributed by atoms with Crippen molar-refractivity contribution in [3.8, 4) is 5.75 Å². The number of hydrogen-bond acceptors (Lipinski definition) is 3. The fourth-order valence-electron chi connectivity index (χ4n) is 3.30. The second-order valence-corrected chi connectivity index (χ2v) is 6.25. The summed E-state index contributed by atoms with van der Waals surface area (Å²) in [5.41, 5.74) is 1.21. The molecule has 1 aliphatic rings. The van der Waals surface area contributed by atoms with Crippen LogP contribution in [0.25, 0.3) is 0 Å². The number of ether oxygens (including phenoxy) is 1. The Kier molecular flexibility index (Phi) is 7.89. The van der Waals surface area contributed by atoms with Crippen molar-refractivity contribution < 1.29 is 4.74 Å². The summed E-state index contributed by atoms with van der Waals surface area (Å²) < 4.78 is 5.40. The van der Waals surface area contributed by atoms with Crippen molar-refractivity contribution in [3.05, 3.63) is 29.8 Å². The van der Waals surface area contributed by atoms with Crippen LogP contribution < -0.4 is 15.4 Å². The molecule has 0 spiro atoms. The molecule has 5 heteroatoms. The zero-order valence-corrected chi connectivity index (χ0v) is 15.3. The van der Waals surface area contributed by atoms with Crippen molar-refractivity contribution in [2.75, 3.05) is 40.3 Å². The van der Waals surface area contributed by atoms with E-state index < -0.39 is 0 Å². The fraction of sp³-hybridized carbons (Fsp3) is 0.632. The summed E-state index contributed by atoms with van der Waals surface area (Å²) in [5.74, 6) is 1.82. The highest BCUT2D eigenvalue weighted by Crippen LogP contribution is 2.17. The molecule has 0 saturated carbocycles. The van der Waals surface area contributed by atoms with E-state index in [2.05, 4.69) is 33.5 Å². The lowest BCUT2D eigenvalue weighted by molar-refractivity contribution is 0.236. The summed E-state index contributed by atoms with van der Waals surface area (Å²) >= 11 is 0. The Balaban J connectivity index is 1.75. The zero-order chi connectivity index (χ0) is 17.2. The van der Waals surface area contributed by atoms with Crippen LogP contribution in [0.5, 0.6) is 5.75 Å². The first-order valence-corrected chi connectivity index (χ1v) is 9.09. The van der Waals surface area contributed by atoms with Gasteiger partial charge in [0.1, 0.15) is 5.75 Å². The van der Waals surface area contributed by atoms with Gasteiger partial charge in [0.25, 0.3) is 0 Å². The Labute approximate surface area is 146 Å². The van der Waals surface area contributed by atoms with Gasteiger partial charge in [-0.3, -0.25) is 9.89 Å². The lowest BCUT2D eigenvalue weighted by Gasteiger charge is -2.27. The molecule has 1 fully saturated rings. The van der Waals surface area contributed by atoms with Gasteiger partial charge >= 0.3 is 0 Å². The Bertz CT molecular complexity index is 512. The molecule has 1 aromatic rings. The van der Waals surface area contributed by atoms with Crippen LogP contribution in [0.4, 0.5) is 0 Å². The first-order valence-electron chi connectivity index (χ1n) is 9.09. The quantitative estimate of drug-likeness (QED) is 0.566. The molecule has 0 radical (unpaired) electrons. The van der Waals surface area contributed by atoms with E-state index in [0.717, 1.165) is 31.2 Å². The average Bonchev–Trinajstić information content (AvgIpc) is 3.15. The van der Waals surface area contributed by atoms with Gasteiger partial charge in [-0.1, -0.05) is 25.1 Å². The standard InChI is InChI=1S/C19H32N4O/c1-4-17(23-13-7-8-14-23)15-22-19(20-2)21-12-11-16-9-5-6-10-18(16)24-3/h5-6,9-10,17H,4,7-8,11-15H2,1-3H3,(H2,20,21,22). The van der Waals surface area contributed by atoms with Gasteiger partial charge in [-0.15, -0.1) is 0 Å². The second kappa shape index (κ2) is 10.2. The molecule has 1 unspecified atom stereocenters. The Morgan fingerprint density at radius 3 is 2.67 bits per heavy atom. The van der Waals surface area contributed by atoms with Crippen molar-refractivity contribution in [2.45, 2.75) is 38.6 Å². The number of aliphatic imine (C=N–C) groups is 1. The molecule has 0 bridgehead atoms. The van der Waals surface area contributed by atoms with Crippen molar-refractivity contribution >= 4 is 5.96 Å². The SMILES string of the molecule is CCC(CNC(=NC)NCCc1ccccc1OC)N1CCCC1. The maximum absolute atomic E-state index is 5.40. The van der Waals surface area contributed by atoms with Crippen LogP contribution in [-0.2, 0) is 6.42 Å². The largest absolute Gasteiger partial charge is 0.496 e. The zero-order valence-electron chi connectivity index (χ0n) is 15.3. The van der Waals surface area contributed by atoms with Gasteiger partial charge in [0.2, 0.25) is 0 Å². The molecule has 1 aliphatic heterocycles. The van der Waals surface area contributed by atoms with E-state index >= 15 is 0 Å². The Morgan fingerprint density at radius 1 is 1.25 bits per heavy atom. The summed E-state index contributed by atoms with van der Waals surface area (Å²) in [7, 11) is 3.55. The van der Waals surface area contributed by atoms with E-state index in [9.17, 15) is 0 Å². The number of guanidine groups is 1. The molecular formula is C19H32N4O. The van der Waals surface area contributed by atoms with Crippen molar-refractivity contribution in [1.82, 2.24) is 15.5 Å². The normalized spacial score (nSPS) is 16.9. The molecule has 1 aromatic carbocycles. The molecule has 1 heterocycles. The van der Waals surface area contributed by atoms with Crippen LogP contribution in [0.1, 0.15) is 31.7 Å². The van der Waals surface area contributed by atoms with Gasteiger partial charge in [-0.25, -0.2) is 0 Å². The van der Waals surface area contributed by atoms with Gasteiger partial charge in [-0.2, -0.15) is 0 Å². The summed E-state index contributed by atoms with van der Waals surface area (Å²) in [6.07, 6.45) is 4.75. The maximum atomic E-state index is 5.40. The molecule has 5 nitrogen and oxygen atoms in total. The fourth-order valence-corrected chi connectivity index (χ4v) is 3.30. The molecule has 2 N–H and O–H groups in total. The smallest absolute Gasteiger partial charge is 0.191 e. The van der Waals surface area contributed by atoms with Gasteiger partial charge < -0.3 is 15.4 Å². The number of methoxy groups -OCH3 is 1. The lowest BCUT2D eigenvalue weighted by Crippen LogP contribution is -2.46. The van der Waals surface area contributed by atoms with E-state index in [1.807, 2.05) is 25.2 Å². The van der Waals surface area contributed by atoms with E-state index in [0.29, 0.717) is 6.04 Å². The van der Waals surface area contributed by atoms with Gasteiger partial charge in [0.05, 0.1) is 7.11 Å². The second-order valence-electron chi connectivity index (χ2n) is 6.25. The maximum Gasteiger partial charge on any atom is 0.191 e. The number of likely N-dealkylation sites (tertiary alicyclic amines) is 1. The molecular weight excluding hydrogens is 300 g/mol. The van der Waals surface area contributed by atoms with Gasteiger partial charge in [0.15, 0.2) is 5.96 Å². The predicted molar refractivity (Wildman–Crippen MR) is 101 cm³/mol. The van der Waals surface area contributed by atoms with Crippen LogP contribution in [0.2, 0.25) is 0 Å². The van der Waals surface area contributed by atoms with Crippen LogP contribution in [-0.4, -0.2) is 57.2 Å². The highest BCUT2D eigenvalue weighted by Gasteiger charge is 2.20. The highest BCUT2D eigenvalue weighted by atomic mass is 16.5. The third-order valence-electron chi connectivity index (χ3n) is 4.74. The average molecular weight is 332 g/mol. The molecule has 0 aliphatic carbocycles. The minimum atomic E-state index is 0.597. The first kappa shape index (κ1) is 18.6. The van der Waals surface area contributed by atoms with Crippen LogP contribution >= 0.6 is 0 Å². The third-order valence-corrected chi connectivity index (χ3v) is 4.74. The van der Waals surface area contributed by atoms with E-state index in [1.54, 1.807) is 7.11 Å². The molecule has 134 valence electrons. The minimum Gasteiger partial charge on any atom is -0.496 e. The van der Waals surface area contributed by atoms with Crippen molar-refractivity contribution in [3.63, 3.8) is 0 Å². The van der Waals surface area contributed by atoms with Crippen LogP contribution in [0, 0.1) is 0 Å². The molecule has 2 rings (SSSR count). The molecule has 0 aromatic heterocycles. The number of hydrogen-bond donors (Lipinski definition) is 2. The van der Waals surface area contributed by atoms with Crippen LogP contribution in [0.15, 0.2) is 29.3 Å². The summed E-state index contributed by atoms with van der Waals surface area (Å²) in [6.45, 7) is 6.52. The third kappa shape index (κ3) is 5.41. The Morgan fingerprint density at radius 2 is 2.00 bits per heavy atom. The monoisotopic (exact) mass is 332 g/mol. The molecule has 0 amide bonds. The Hall–Kier alpha value is -1.75. The number of nitrogens with one attached hydrogen (secondary N) is 2. The summed E-state index contributed by atoms with van der Waals surface area (Å²) in [4.78, 5) is 6.93. The summed E-state index contributed by atoms with van der Waals surface area (Å²) in [6, 6.07) is 8.76. The number of rotatable bonds is 8. The molecule has 24 heavy (non-hydrogen) atoms. The van der Waals surface area contributed by atoms with E-state index in [4.69, 9.17) is 4.74 Å². The van der Waals surface area contributed by atoms with E-state index in [1.165, 1.54) is 37.9 Å². The lowest BCUT2D eigenvalue weighted by atomic mass is 10.1. The van der Waals surface area contributed by atoms with Gasteiger partial charge in [-0.05, 0) is 50.4 Å². The molecule has 1 saturated heterocycles. The first-order chi connectivity index (χ1) is 11.8. The molecule has 1 atom stereocenters. The van der Waals surface area contributed by atoms with Crippen molar-refractivity contribution in [1.29, 1.82) is 0 Å². The highest BCUT2D eigenvalue weighted by molar-refractivity contribution is 5.79. The minimum absolute atomic E-state index is 0.597. The van der Waals surface area contributed by atoms with Gasteiger partial charge in [0, 0.05) is 26.2 Å². The topological polar surface area (TPSA) is 48.9 Å². The van der Waals surface area contributed by atoms with Crippen molar-refractivity contribution in [2.24, 2.45) is 4.99 Å². The number of para-hydroxylation sites is 1. The predicted octanol–water partition coefficient (Wildman–Crippen LogP) is 2.28. The number of nitrogens with zero attached hydrogens (tertiary/aromatic N) is 2. The van der Waals surface area contributed by atoms with E-state index in [-0.39, 0.29) is 0 Å².